The summed E-state index contributed by atoms with van der Waals surface area (Å²) in [6, 6.07) is 7.07. The first-order valence-electron chi connectivity index (χ1n) is 9.63. The Bertz CT molecular complexity index is 530. The van der Waals surface area contributed by atoms with Crippen LogP contribution < -0.4 is 0 Å². The summed E-state index contributed by atoms with van der Waals surface area (Å²) in [5, 5.41) is 9.63. The number of likely N-dealkylation sites (tertiary alicyclic amines) is 1. The zero-order valence-corrected chi connectivity index (χ0v) is 16.5. The molecule has 0 saturated carbocycles. The molecule has 2 rings (SSSR count). The van der Waals surface area contributed by atoms with Gasteiger partial charge in [-0.25, -0.2) is 0 Å². The molecule has 0 aromatic heterocycles. The third kappa shape index (κ3) is 6.88. The Morgan fingerprint density at radius 1 is 1.23 bits per heavy atom. The highest BCUT2D eigenvalue weighted by atomic mass is 35.5. The van der Waals surface area contributed by atoms with Crippen LogP contribution >= 0.6 is 11.6 Å². The van der Waals surface area contributed by atoms with Gasteiger partial charge < -0.3 is 19.6 Å². The molecule has 6 heteroatoms. The van der Waals surface area contributed by atoms with Crippen LogP contribution in [-0.4, -0.2) is 72.9 Å². The summed E-state index contributed by atoms with van der Waals surface area (Å²) in [5.41, 5.74) is 0.692. The number of hydrogen-bond acceptors (Lipinski definition) is 4. The van der Waals surface area contributed by atoms with Crippen LogP contribution in [0.5, 0.6) is 0 Å². The van der Waals surface area contributed by atoms with Crippen molar-refractivity contribution in [1.29, 1.82) is 0 Å². The first kappa shape index (κ1) is 21.2. The van der Waals surface area contributed by atoms with Crippen molar-refractivity contribution in [2.24, 2.45) is 0 Å². The van der Waals surface area contributed by atoms with Crippen LogP contribution in [0.25, 0.3) is 0 Å². The van der Waals surface area contributed by atoms with E-state index in [9.17, 15) is 4.79 Å². The summed E-state index contributed by atoms with van der Waals surface area (Å²) >= 11 is 5.88. The second-order valence-corrected chi connectivity index (χ2v) is 7.17. The molecule has 1 aromatic rings. The number of carbonyl (C=O) groups is 1. The van der Waals surface area contributed by atoms with Gasteiger partial charge in [0.2, 0.25) is 0 Å². The highest BCUT2D eigenvalue weighted by Gasteiger charge is 2.23. The van der Waals surface area contributed by atoms with Gasteiger partial charge in [0.05, 0.1) is 12.7 Å². The fourth-order valence-corrected chi connectivity index (χ4v) is 3.38. The molecule has 1 fully saturated rings. The summed E-state index contributed by atoms with van der Waals surface area (Å²) in [5.74, 6) is 0.0728. The molecule has 0 bridgehead atoms. The van der Waals surface area contributed by atoms with Gasteiger partial charge >= 0.3 is 0 Å². The number of likely N-dealkylation sites (N-methyl/N-ethyl adjacent to an activating group) is 1. The lowest BCUT2D eigenvalue weighted by atomic mass is 10.1. The molecule has 0 radical (unpaired) electrons. The zero-order chi connectivity index (χ0) is 18.8. The highest BCUT2D eigenvalue weighted by molar-refractivity contribution is 6.30. The van der Waals surface area contributed by atoms with Gasteiger partial charge in [0.25, 0.3) is 5.91 Å². The second kappa shape index (κ2) is 11.5. The quantitative estimate of drug-likeness (QED) is 0.632. The number of amides is 1. The van der Waals surface area contributed by atoms with Gasteiger partial charge in [-0.15, -0.1) is 0 Å². The van der Waals surface area contributed by atoms with Crippen molar-refractivity contribution in [1.82, 2.24) is 9.80 Å². The summed E-state index contributed by atoms with van der Waals surface area (Å²) in [6.07, 6.45) is 4.16. The number of halogens is 1. The number of benzene rings is 1. The molecule has 1 aliphatic rings. The van der Waals surface area contributed by atoms with E-state index in [0.29, 0.717) is 10.6 Å². The number of ether oxygens (including phenoxy) is 1. The smallest absolute Gasteiger partial charge is 0.253 e. The SMILES string of the molecule is CCN(CCO)CCCCOC1CCN(C(=O)c2ccc(Cl)cc2)CC1. The maximum atomic E-state index is 12.5. The fraction of sp³-hybridized carbons (Fsp3) is 0.650. The van der Waals surface area contributed by atoms with Gasteiger partial charge in [-0.2, -0.15) is 0 Å². The van der Waals surface area contributed by atoms with Crippen molar-refractivity contribution in [2.45, 2.75) is 38.7 Å². The molecule has 1 amide bonds. The summed E-state index contributed by atoms with van der Waals surface area (Å²) in [7, 11) is 0. The Balaban J connectivity index is 1.61. The molecule has 146 valence electrons. The van der Waals surface area contributed by atoms with E-state index in [2.05, 4.69) is 11.8 Å². The van der Waals surface area contributed by atoms with Gasteiger partial charge in [-0.1, -0.05) is 18.5 Å². The van der Waals surface area contributed by atoms with E-state index in [1.807, 2.05) is 4.90 Å². The lowest BCUT2D eigenvalue weighted by Gasteiger charge is -2.32. The van der Waals surface area contributed by atoms with Gasteiger partial charge in [0.15, 0.2) is 0 Å². The van der Waals surface area contributed by atoms with Gasteiger partial charge in [-0.05, 0) is 63.0 Å². The van der Waals surface area contributed by atoms with E-state index in [1.54, 1.807) is 24.3 Å². The molecule has 0 unspecified atom stereocenters. The Hall–Kier alpha value is -1.14. The normalized spacial score (nSPS) is 15.6. The van der Waals surface area contributed by atoms with Crippen molar-refractivity contribution < 1.29 is 14.6 Å². The minimum Gasteiger partial charge on any atom is -0.395 e. The van der Waals surface area contributed by atoms with Crippen LogP contribution in [0.15, 0.2) is 24.3 Å². The number of aliphatic hydroxyl groups excluding tert-OH is 1. The number of piperidine rings is 1. The van der Waals surface area contributed by atoms with Crippen molar-refractivity contribution in [2.75, 3.05) is 45.9 Å². The van der Waals surface area contributed by atoms with Crippen molar-refractivity contribution in [3.8, 4) is 0 Å². The van der Waals surface area contributed by atoms with Gasteiger partial charge in [-0.3, -0.25) is 4.79 Å². The van der Waals surface area contributed by atoms with Crippen LogP contribution in [0.1, 0.15) is 43.0 Å². The molecule has 5 nitrogen and oxygen atoms in total. The number of nitrogens with zero attached hydrogens (tertiary/aromatic N) is 2. The number of hydrogen-bond donors (Lipinski definition) is 1. The minimum absolute atomic E-state index is 0.0728. The Labute approximate surface area is 161 Å². The van der Waals surface area contributed by atoms with Gasteiger partial charge in [0, 0.05) is 36.8 Å². The summed E-state index contributed by atoms with van der Waals surface area (Å²) in [4.78, 5) is 16.6. The Kier molecular flexibility index (Phi) is 9.40. The van der Waals surface area contributed by atoms with Crippen LogP contribution in [0.3, 0.4) is 0 Å². The average molecular weight is 383 g/mol. The van der Waals surface area contributed by atoms with E-state index in [-0.39, 0.29) is 18.6 Å². The third-order valence-corrected chi connectivity index (χ3v) is 5.16. The van der Waals surface area contributed by atoms with E-state index in [1.165, 1.54) is 0 Å². The van der Waals surface area contributed by atoms with E-state index in [4.69, 9.17) is 21.4 Å². The highest BCUT2D eigenvalue weighted by Crippen LogP contribution is 2.18. The average Bonchev–Trinajstić information content (AvgIpc) is 2.67. The Morgan fingerprint density at radius 3 is 2.54 bits per heavy atom. The minimum atomic E-state index is 0.0728. The summed E-state index contributed by atoms with van der Waals surface area (Å²) < 4.78 is 5.98. The first-order valence-corrected chi connectivity index (χ1v) is 10.0. The van der Waals surface area contributed by atoms with E-state index >= 15 is 0 Å². The zero-order valence-electron chi connectivity index (χ0n) is 15.7. The van der Waals surface area contributed by atoms with Crippen LogP contribution in [0, 0.1) is 0 Å². The van der Waals surface area contributed by atoms with Gasteiger partial charge in [0.1, 0.15) is 0 Å². The molecule has 26 heavy (non-hydrogen) atoms. The fourth-order valence-electron chi connectivity index (χ4n) is 3.26. The number of rotatable bonds is 10. The molecule has 0 spiro atoms. The molecule has 0 atom stereocenters. The molecule has 1 N–H and O–H groups in total. The molecular formula is C20H31ClN2O3. The molecule has 0 aliphatic carbocycles. The number of unbranched alkanes of at least 4 members (excludes halogenated alkanes) is 1. The van der Waals surface area contributed by atoms with Crippen molar-refractivity contribution in [3.05, 3.63) is 34.9 Å². The molecule has 1 saturated heterocycles. The molecule has 1 heterocycles. The first-order chi connectivity index (χ1) is 12.6. The third-order valence-electron chi connectivity index (χ3n) is 4.91. The maximum Gasteiger partial charge on any atom is 0.253 e. The topological polar surface area (TPSA) is 53.0 Å². The lowest BCUT2D eigenvalue weighted by molar-refractivity contribution is 0.00668. The monoisotopic (exact) mass is 382 g/mol. The van der Waals surface area contributed by atoms with E-state index in [0.717, 1.165) is 65.0 Å². The maximum absolute atomic E-state index is 12.5. The van der Waals surface area contributed by atoms with Crippen LogP contribution in [0.4, 0.5) is 0 Å². The standard InChI is InChI=1S/C20H31ClN2O3/c1-2-22(14-15-24)11-3-4-16-26-19-9-12-23(13-10-19)20(25)17-5-7-18(21)8-6-17/h5-8,19,24H,2-4,9-16H2,1H3. The van der Waals surface area contributed by atoms with Crippen LogP contribution in [0.2, 0.25) is 5.02 Å². The Morgan fingerprint density at radius 2 is 1.92 bits per heavy atom. The molecule has 1 aromatic carbocycles. The van der Waals surface area contributed by atoms with E-state index < -0.39 is 0 Å². The largest absolute Gasteiger partial charge is 0.395 e. The number of aliphatic hydroxyl groups is 1. The number of carbonyl (C=O) groups excluding carboxylic acids is 1. The van der Waals surface area contributed by atoms with Crippen LogP contribution in [-0.2, 0) is 4.74 Å². The van der Waals surface area contributed by atoms with Crippen molar-refractivity contribution in [3.63, 3.8) is 0 Å². The molecule has 1 aliphatic heterocycles. The predicted octanol–water partition coefficient (Wildman–Crippen LogP) is 3.06. The lowest BCUT2D eigenvalue weighted by Crippen LogP contribution is -2.41. The van der Waals surface area contributed by atoms with Crippen molar-refractivity contribution >= 4 is 17.5 Å². The molecular weight excluding hydrogens is 352 g/mol. The summed E-state index contributed by atoms with van der Waals surface area (Å²) in [6.45, 7) is 7.32. The predicted molar refractivity (Wildman–Crippen MR) is 105 cm³/mol. The second-order valence-electron chi connectivity index (χ2n) is 6.73.